The van der Waals surface area contributed by atoms with Gasteiger partial charge in [0.1, 0.15) is 0 Å². The maximum Gasteiger partial charge on any atom is 0.0359 e. The van der Waals surface area contributed by atoms with Crippen LogP contribution in [0.4, 0.5) is 0 Å². The van der Waals surface area contributed by atoms with E-state index in [0.717, 1.165) is 13.1 Å². The minimum Gasteiger partial charge on any atom is -0.351 e. The summed E-state index contributed by atoms with van der Waals surface area (Å²) in [5, 5.41) is 3.60. The summed E-state index contributed by atoms with van der Waals surface area (Å²) in [7, 11) is 0. The maximum atomic E-state index is 3.60. The van der Waals surface area contributed by atoms with Crippen molar-refractivity contribution in [3.63, 3.8) is 0 Å². The minimum atomic E-state index is 0.656. The van der Waals surface area contributed by atoms with Gasteiger partial charge in [-0.2, -0.15) is 0 Å². The van der Waals surface area contributed by atoms with E-state index in [2.05, 4.69) is 42.1 Å². The van der Waals surface area contributed by atoms with Crippen LogP contribution in [0.2, 0.25) is 0 Å². The Morgan fingerprint density at radius 3 is 2.80 bits per heavy atom. The number of rotatable bonds is 6. The van der Waals surface area contributed by atoms with Crippen molar-refractivity contribution in [1.29, 1.82) is 0 Å². The van der Waals surface area contributed by atoms with E-state index in [4.69, 9.17) is 0 Å². The zero-order chi connectivity index (χ0) is 10.7. The van der Waals surface area contributed by atoms with Crippen molar-refractivity contribution >= 4 is 0 Å². The van der Waals surface area contributed by atoms with Gasteiger partial charge >= 0.3 is 0 Å². The van der Waals surface area contributed by atoms with Crippen molar-refractivity contribution in [1.82, 2.24) is 9.88 Å². The van der Waals surface area contributed by atoms with Crippen molar-refractivity contribution in [2.75, 3.05) is 6.54 Å². The van der Waals surface area contributed by atoms with E-state index < -0.39 is 0 Å². The SMILES string of the molecule is CCn1cccc1CNCC1(CC)CC1. The second kappa shape index (κ2) is 4.40. The molecule has 1 aromatic rings. The largest absolute Gasteiger partial charge is 0.351 e. The number of nitrogens with zero attached hydrogens (tertiary/aromatic N) is 1. The van der Waals surface area contributed by atoms with Crippen LogP contribution in [0.1, 0.15) is 38.8 Å². The highest BCUT2D eigenvalue weighted by Crippen LogP contribution is 2.47. The van der Waals surface area contributed by atoms with E-state index >= 15 is 0 Å². The van der Waals surface area contributed by atoms with E-state index in [1.165, 1.54) is 31.5 Å². The molecule has 0 atom stereocenters. The predicted octanol–water partition coefficient (Wildman–Crippen LogP) is 2.79. The molecule has 0 amide bonds. The highest BCUT2D eigenvalue weighted by molar-refractivity contribution is 5.07. The fourth-order valence-electron chi connectivity index (χ4n) is 2.21. The van der Waals surface area contributed by atoms with Crippen LogP contribution in [0.3, 0.4) is 0 Å². The second-order valence-corrected chi connectivity index (χ2v) is 4.74. The van der Waals surface area contributed by atoms with Crippen LogP contribution in [-0.4, -0.2) is 11.1 Å². The Labute approximate surface area is 92.7 Å². The second-order valence-electron chi connectivity index (χ2n) is 4.74. The Kier molecular flexibility index (Phi) is 3.15. The lowest BCUT2D eigenvalue weighted by molar-refractivity contribution is 0.439. The number of aromatic nitrogens is 1. The molecule has 1 heterocycles. The molecule has 1 N–H and O–H groups in total. The van der Waals surface area contributed by atoms with Crippen molar-refractivity contribution in [3.8, 4) is 0 Å². The summed E-state index contributed by atoms with van der Waals surface area (Å²) < 4.78 is 2.30. The normalized spacial score (nSPS) is 18.0. The topological polar surface area (TPSA) is 17.0 Å². The average molecular weight is 206 g/mol. The molecule has 0 saturated heterocycles. The molecule has 1 aliphatic rings. The smallest absolute Gasteiger partial charge is 0.0359 e. The molecule has 1 saturated carbocycles. The predicted molar refractivity (Wildman–Crippen MR) is 63.8 cm³/mol. The average Bonchev–Trinajstić information content (AvgIpc) is 2.90. The number of nitrogens with one attached hydrogen (secondary N) is 1. The van der Waals surface area contributed by atoms with E-state index in [1.54, 1.807) is 0 Å². The van der Waals surface area contributed by atoms with Gasteiger partial charge in [-0.3, -0.25) is 0 Å². The summed E-state index contributed by atoms with van der Waals surface area (Å²) in [5.41, 5.74) is 2.06. The Balaban J connectivity index is 1.78. The summed E-state index contributed by atoms with van der Waals surface area (Å²) in [6.45, 7) is 7.78. The van der Waals surface area contributed by atoms with Crippen LogP contribution in [0.15, 0.2) is 18.3 Å². The Morgan fingerprint density at radius 2 is 2.20 bits per heavy atom. The molecular formula is C13H22N2. The monoisotopic (exact) mass is 206 g/mol. The summed E-state index contributed by atoms with van der Waals surface area (Å²) in [6.07, 6.45) is 6.33. The molecule has 2 nitrogen and oxygen atoms in total. The van der Waals surface area contributed by atoms with Crippen LogP contribution in [-0.2, 0) is 13.1 Å². The lowest BCUT2D eigenvalue weighted by atomic mass is 10.0. The first-order valence-electron chi connectivity index (χ1n) is 6.14. The third-order valence-corrected chi connectivity index (χ3v) is 3.78. The van der Waals surface area contributed by atoms with Crippen LogP contribution in [0.25, 0.3) is 0 Å². The summed E-state index contributed by atoms with van der Waals surface area (Å²) >= 11 is 0. The van der Waals surface area contributed by atoms with Crippen molar-refractivity contribution < 1.29 is 0 Å². The first kappa shape index (κ1) is 10.7. The minimum absolute atomic E-state index is 0.656. The molecule has 1 aliphatic carbocycles. The van der Waals surface area contributed by atoms with Crippen LogP contribution in [0, 0.1) is 5.41 Å². The van der Waals surface area contributed by atoms with Gasteiger partial charge in [0.2, 0.25) is 0 Å². The molecule has 2 rings (SSSR count). The molecule has 0 unspecified atom stereocenters. The Morgan fingerprint density at radius 1 is 1.40 bits per heavy atom. The van der Waals surface area contributed by atoms with Gasteiger partial charge in [-0.15, -0.1) is 0 Å². The number of hydrogen-bond donors (Lipinski definition) is 1. The summed E-state index contributed by atoms with van der Waals surface area (Å²) in [5.74, 6) is 0. The Hall–Kier alpha value is -0.760. The van der Waals surface area contributed by atoms with Gasteiger partial charge in [0.25, 0.3) is 0 Å². The molecule has 15 heavy (non-hydrogen) atoms. The van der Waals surface area contributed by atoms with Crippen molar-refractivity contribution in [3.05, 3.63) is 24.0 Å². The van der Waals surface area contributed by atoms with Gasteiger partial charge in [0.15, 0.2) is 0 Å². The molecule has 0 bridgehead atoms. The van der Waals surface area contributed by atoms with Gasteiger partial charge in [-0.25, -0.2) is 0 Å². The standard InChI is InChI=1S/C13H22N2/c1-3-13(7-8-13)11-14-10-12-6-5-9-15(12)4-2/h5-6,9,14H,3-4,7-8,10-11H2,1-2H3. The van der Waals surface area contributed by atoms with Crippen molar-refractivity contribution in [2.24, 2.45) is 5.41 Å². The Bertz CT molecular complexity index is 310. The van der Waals surface area contributed by atoms with Gasteiger partial charge in [-0.05, 0) is 43.7 Å². The zero-order valence-corrected chi connectivity index (χ0v) is 9.92. The molecular weight excluding hydrogens is 184 g/mol. The number of aryl methyl sites for hydroxylation is 1. The first-order valence-corrected chi connectivity index (χ1v) is 6.14. The summed E-state index contributed by atoms with van der Waals surface area (Å²) in [6, 6.07) is 4.34. The van der Waals surface area contributed by atoms with Gasteiger partial charge in [-0.1, -0.05) is 6.92 Å². The highest BCUT2D eigenvalue weighted by Gasteiger charge is 2.39. The lowest BCUT2D eigenvalue weighted by Gasteiger charge is -2.14. The van der Waals surface area contributed by atoms with Crippen LogP contribution in [0.5, 0.6) is 0 Å². The first-order chi connectivity index (χ1) is 7.29. The van der Waals surface area contributed by atoms with Gasteiger partial charge in [0.05, 0.1) is 0 Å². The van der Waals surface area contributed by atoms with Gasteiger partial charge < -0.3 is 9.88 Å². The number of hydrogen-bond acceptors (Lipinski definition) is 1. The lowest BCUT2D eigenvalue weighted by Crippen LogP contribution is -2.24. The molecule has 0 aliphatic heterocycles. The highest BCUT2D eigenvalue weighted by atomic mass is 15.0. The van der Waals surface area contributed by atoms with E-state index in [-0.39, 0.29) is 0 Å². The maximum absolute atomic E-state index is 3.60. The third-order valence-electron chi connectivity index (χ3n) is 3.78. The fraction of sp³-hybridized carbons (Fsp3) is 0.692. The van der Waals surface area contributed by atoms with Crippen LogP contribution < -0.4 is 5.32 Å². The van der Waals surface area contributed by atoms with Gasteiger partial charge in [0, 0.05) is 31.5 Å². The van der Waals surface area contributed by atoms with E-state index in [1.807, 2.05) is 0 Å². The molecule has 0 radical (unpaired) electrons. The zero-order valence-electron chi connectivity index (χ0n) is 9.92. The summed E-state index contributed by atoms with van der Waals surface area (Å²) in [4.78, 5) is 0. The molecule has 1 aromatic heterocycles. The molecule has 2 heteroatoms. The molecule has 0 aromatic carbocycles. The fourth-order valence-corrected chi connectivity index (χ4v) is 2.21. The third kappa shape index (κ3) is 2.43. The quantitative estimate of drug-likeness (QED) is 0.757. The molecule has 1 fully saturated rings. The van der Waals surface area contributed by atoms with E-state index in [9.17, 15) is 0 Å². The van der Waals surface area contributed by atoms with Crippen LogP contribution >= 0.6 is 0 Å². The van der Waals surface area contributed by atoms with E-state index in [0.29, 0.717) is 5.41 Å². The molecule has 0 spiro atoms. The van der Waals surface area contributed by atoms with Crippen molar-refractivity contribution in [2.45, 2.75) is 46.2 Å². The molecule has 84 valence electrons.